The Balaban J connectivity index is 1.71. The van der Waals surface area contributed by atoms with Gasteiger partial charge in [-0.1, -0.05) is 30.7 Å². The molecule has 1 unspecified atom stereocenters. The number of halogens is 1. The Bertz CT molecular complexity index is 1010. The summed E-state index contributed by atoms with van der Waals surface area (Å²) in [6.45, 7) is 4.01. The lowest BCUT2D eigenvalue weighted by molar-refractivity contribution is -0.389. The van der Waals surface area contributed by atoms with E-state index in [1.807, 2.05) is 25.1 Å². The van der Waals surface area contributed by atoms with Crippen LogP contribution < -0.4 is 5.32 Å². The highest BCUT2D eigenvalue weighted by atomic mass is 35.5. The minimum absolute atomic E-state index is 0.280. The molecule has 10 heteroatoms. The van der Waals surface area contributed by atoms with Crippen LogP contribution in [0.2, 0.25) is 5.02 Å². The van der Waals surface area contributed by atoms with Gasteiger partial charge in [0.1, 0.15) is 0 Å². The predicted molar refractivity (Wildman–Crippen MR) is 104 cm³/mol. The number of benzene rings is 1. The summed E-state index contributed by atoms with van der Waals surface area (Å²) in [5, 5.41) is 22.5. The molecule has 3 rings (SSSR count). The second-order valence-corrected chi connectivity index (χ2v) is 6.75. The molecule has 0 fully saturated rings. The molecule has 1 amide bonds. The molecule has 0 aliphatic heterocycles. The molecule has 0 aliphatic carbocycles. The SMILES string of the molecule is CCC(C(=O)Nc1cnn(Cc2cccc(Cl)c2)c1)n1nc([N+](=O)[O-])cc1C. The Kier molecular flexibility index (Phi) is 5.74. The summed E-state index contributed by atoms with van der Waals surface area (Å²) >= 11 is 5.99. The van der Waals surface area contributed by atoms with Crippen LogP contribution in [0.4, 0.5) is 11.5 Å². The summed E-state index contributed by atoms with van der Waals surface area (Å²) in [7, 11) is 0. The average Bonchev–Trinajstić information content (AvgIpc) is 3.23. The number of nitrogens with zero attached hydrogens (tertiary/aromatic N) is 5. The summed E-state index contributed by atoms with van der Waals surface area (Å²) in [5.41, 5.74) is 2.06. The number of aryl methyl sites for hydroxylation is 1. The number of hydrogen-bond donors (Lipinski definition) is 1. The normalized spacial score (nSPS) is 12.0. The Morgan fingerprint density at radius 2 is 2.18 bits per heavy atom. The van der Waals surface area contributed by atoms with Crippen molar-refractivity contribution in [2.24, 2.45) is 0 Å². The zero-order valence-electron chi connectivity index (χ0n) is 15.4. The fourth-order valence-corrected chi connectivity index (χ4v) is 3.12. The lowest BCUT2D eigenvalue weighted by Crippen LogP contribution is -2.27. The van der Waals surface area contributed by atoms with Gasteiger partial charge in [-0.25, -0.2) is 0 Å². The van der Waals surface area contributed by atoms with E-state index >= 15 is 0 Å². The van der Waals surface area contributed by atoms with E-state index < -0.39 is 11.0 Å². The molecule has 2 aromatic heterocycles. The van der Waals surface area contributed by atoms with Gasteiger partial charge in [0.05, 0.1) is 35.3 Å². The Morgan fingerprint density at radius 1 is 1.39 bits per heavy atom. The second-order valence-electron chi connectivity index (χ2n) is 6.32. The molecule has 2 heterocycles. The lowest BCUT2D eigenvalue weighted by Gasteiger charge is -2.13. The summed E-state index contributed by atoms with van der Waals surface area (Å²) in [5.74, 6) is -0.594. The number of nitrogens with one attached hydrogen (secondary N) is 1. The van der Waals surface area contributed by atoms with Gasteiger partial charge in [-0.2, -0.15) is 9.78 Å². The topological polar surface area (TPSA) is 108 Å². The van der Waals surface area contributed by atoms with Crippen LogP contribution in [0.25, 0.3) is 0 Å². The van der Waals surface area contributed by atoms with Crippen LogP contribution in [-0.2, 0) is 11.3 Å². The number of rotatable bonds is 7. The molecule has 0 radical (unpaired) electrons. The molecule has 9 nitrogen and oxygen atoms in total. The van der Waals surface area contributed by atoms with E-state index in [0.717, 1.165) is 5.56 Å². The van der Waals surface area contributed by atoms with Crippen LogP contribution in [0.3, 0.4) is 0 Å². The van der Waals surface area contributed by atoms with Crippen LogP contribution in [0.15, 0.2) is 42.7 Å². The van der Waals surface area contributed by atoms with Crippen LogP contribution >= 0.6 is 11.6 Å². The number of nitro groups is 1. The molecule has 146 valence electrons. The standard InChI is InChI=1S/C18H19ClN6O3/c1-3-16(24-12(2)7-17(22-24)25(27)28)18(26)21-15-9-20-23(11-15)10-13-5-4-6-14(19)8-13/h4-9,11,16H,3,10H2,1-2H3,(H,21,26). The van der Waals surface area contributed by atoms with Crippen molar-refractivity contribution in [2.75, 3.05) is 5.32 Å². The third-order valence-corrected chi connectivity index (χ3v) is 4.45. The quantitative estimate of drug-likeness (QED) is 0.480. The van der Waals surface area contributed by atoms with E-state index in [-0.39, 0.29) is 11.7 Å². The highest BCUT2D eigenvalue weighted by Crippen LogP contribution is 2.21. The molecule has 0 aliphatic rings. The monoisotopic (exact) mass is 402 g/mol. The molecule has 1 N–H and O–H groups in total. The van der Waals surface area contributed by atoms with E-state index in [4.69, 9.17) is 11.6 Å². The van der Waals surface area contributed by atoms with Crippen molar-refractivity contribution in [3.05, 3.63) is 69.1 Å². The van der Waals surface area contributed by atoms with Gasteiger partial charge in [-0.3, -0.25) is 9.48 Å². The summed E-state index contributed by atoms with van der Waals surface area (Å²) in [6.07, 6.45) is 3.69. The fraction of sp³-hybridized carbons (Fsp3) is 0.278. The first-order valence-electron chi connectivity index (χ1n) is 8.65. The number of anilines is 1. The first kappa shape index (κ1) is 19.6. The summed E-state index contributed by atoms with van der Waals surface area (Å²) in [6, 6.07) is 8.13. The Labute approximate surface area is 166 Å². The van der Waals surface area contributed by atoms with Gasteiger partial charge >= 0.3 is 5.82 Å². The predicted octanol–water partition coefficient (Wildman–Crippen LogP) is 3.59. The zero-order chi connectivity index (χ0) is 20.3. The molecule has 0 spiro atoms. The van der Waals surface area contributed by atoms with Gasteiger partial charge in [0, 0.05) is 11.2 Å². The number of carbonyl (C=O) groups excluding carboxylic acids is 1. The zero-order valence-corrected chi connectivity index (χ0v) is 16.1. The lowest BCUT2D eigenvalue weighted by atomic mass is 10.2. The first-order chi connectivity index (χ1) is 13.4. The molecular weight excluding hydrogens is 384 g/mol. The number of hydrogen-bond acceptors (Lipinski definition) is 5. The maximum absolute atomic E-state index is 12.7. The number of carbonyl (C=O) groups is 1. The van der Waals surface area contributed by atoms with E-state index in [1.54, 1.807) is 30.1 Å². The molecule has 1 aromatic carbocycles. The highest BCUT2D eigenvalue weighted by Gasteiger charge is 2.27. The Hall–Kier alpha value is -3.20. The maximum Gasteiger partial charge on any atom is 0.390 e. The molecule has 0 saturated heterocycles. The molecule has 3 aromatic rings. The van der Waals surface area contributed by atoms with Gasteiger partial charge in [-0.15, -0.1) is 0 Å². The van der Waals surface area contributed by atoms with Gasteiger partial charge in [-0.05, 0) is 36.0 Å². The van der Waals surface area contributed by atoms with Crippen LogP contribution in [0.1, 0.15) is 30.6 Å². The molecule has 0 saturated carbocycles. The van der Waals surface area contributed by atoms with Gasteiger partial charge in [0.2, 0.25) is 0 Å². The highest BCUT2D eigenvalue weighted by molar-refractivity contribution is 6.30. The average molecular weight is 403 g/mol. The van der Waals surface area contributed by atoms with Crippen molar-refractivity contribution in [3.63, 3.8) is 0 Å². The molecule has 1 atom stereocenters. The van der Waals surface area contributed by atoms with Gasteiger partial charge in [0.25, 0.3) is 5.91 Å². The molecule has 0 bridgehead atoms. The third kappa shape index (κ3) is 4.37. The van der Waals surface area contributed by atoms with E-state index in [2.05, 4.69) is 15.5 Å². The van der Waals surface area contributed by atoms with E-state index in [9.17, 15) is 14.9 Å². The molecular formula is C18H19ClN6O3. The van der Waals surface area contributed by atoms with Gasteiger partial charge in [0.15, 0.2) is 6.04 Å². The first-order valence-corrected chi connectivity index (χ1v) is 9.03. The van der Waals surface area contributed by atoms with Crippen molar-refractivity contribution in [3.8, 4) is 0 Å². The van der Waals surface area contributed by atoms with E-state index in [0.29, 0.717) is 29.4 Å². The van der Waals surface area contributed by atoms with Crippen molar-refractivity contribution in [2.45, 2.75) is 32.9 Å². The smallest absolute Gasteiger partial charge is 0.358 e. The largest absolute Gasteiger partial charge is 0.390 e. The summed E-state index contributed by atoms with van der Waals surface area (Å²) in [4.78, 5) is 23.0. The van der Waals surface area contributed by atoms with Crippen molar-refractivity contribution in [1.82, 2.24) is 19.6 Å². The second kappa shape index (κ2) is 8.22. The minimum Gasteiger partial charge on any atom is -0.358 e. The minimum atomic E-state index is -0.662. The van der Waals surface area contributed by atoms with E-state index in [1.165, 1.54) is 10.7 Å². The number of amides is 1. The molecule has 28 heavy (non-hydrogen) atoms. The Morgan fingerprint density at radius 3 is 2.82 bits per heavy atom. The fourth-order valence-electron chi connectivity index (χ4n) is 2.91. The van der Waals surface area contributed by atoms with Crippen molar-refractivity contribution >= 4 is 29.0 Å². The summed E-state index contributed by atoms with van der Waals surface area (Å²) < 4.78 is 3.07. The number of aromatic nitrogens is 4. The van der Waals surface area contributed by atoms with Crippen molar-refractivity contribution < 1.29 is 9.72 Å². The maximum atomic E-state index is 12.7. The van der Waals surface area contributed by atoms with Crippen LogP contribution in [0, 0.1) is 17.0 Å². The third-order valence-electron chi connectivity index (χ3n) is 4.22. The van der Waals surface area contributed by atoms with Crippen molar-refractivity contribution in [1.29, 1.82) is 0 Å². The van der Waals surface area contributed by atoms with Crippen LogP contribution in [0.5, 0.6) is 0 Å². The van der Waals surface area contributed by atoms with Gasteiger partial charge < -0.3 is 15.4 Å². The van der Waals surface area contributed by atoms with Crippen LogP contribution in [-0.4, -0.2) is 30.4 Å².